The van der Waals surface area contributed by atoms with E-state index in [1.54, 1.807) is 41.8 Å². The molecule has 2 unspecified atom stereocenters. The van der Waals surface area contributed by atoms with Crippen molar-refractivity contribution in [2.24, 2.45) is 11.8 Å². The third kappa shape index (κ3) is 6.82. The summed E-state index contributed by atoms with van der Waals surface area (Å²) in [6.45, 7) is 8.62. The predicted octanol–water partition coefficient (Wildman–Crippen LogP) is 3.58. The number of hydrogen-bond acceptors (Lipinski definition) is 5. The van der Waals surface area contributed by atoms with Gasteiger partial charge in [0.1, 0.15) is 4.21 Å². The summed E-state index contributed by atoms with van der Waals surface area (Å²) < 4.78 is 27.3. The molecule has 0 aliphatic carbocycles. The van der Waals surface area contributed by atoms with E-state index in [1.165, 1.54) is 17.8 Å². The molecule has 2 N–H and O–H groups in total. The smallest absolute Gasteiger partial charge is 0.271 e. The van der Waals surface area contributed by atoms with Crippen molar-refractivity contribution in [3.63, 3.8) is 0 Å². The summed E-state index contributed by atoms with van der Waals surface area (Å²) in [5.74, 6) is 1.49. The zero-order chi connectivity index (χ0) is 21.6. The van der Waals surface area contributed by atoms with Crippen LogP contribution in [0.25, 0.3) is 0 Å². The van der Waals surface area contributed by atoms with E-state index in [9.17, 15) is 13.2 Å². The maximum Gasteiger partial charge on any atom is 0.271 e. The molecule has 1 aromatic heterocycles. The molecule has 1 amide bonds. The summed E-state index contributed by atoms with van der Waals surface area (Å²) >= 11 is 1.17. The van der Waals surface area contributed by atoms with Gasteiger partial charge < -0.3 is 10.2 Å². The average Bonchev–Trinajstić information content (AvgIpc) is 3.22. The third-order valence-corrected chi connectivity index (χ3v) is 8.03. The van der Waals surface area contributed by atoms with Gasteiger partial charge in [-0.25, -0.2) is 8.42 Å². The summed E-state index contributed by atoms with van der Waals surface area (Å²) in [5, 5.41) is 4.71. The Labute approximate surface area is 183 Å². The minimum Gasteiger partial charge on any atom is -0.356 e. The number of likely N-dealkylation sites (tertiary alicyclic amines) is 1. The number of sulfonamides is 1. The molecular formula is C22H31N3O3S2. The lowest BCUT2D eigenvalue weighted by atomic mass is 9.92. The SMILES string of the molecule is CC1CC(C)CN(CCCNC(=O)Cc2ccc(NS(=O)(=O)c3cccs3)cc2)C1. The maximum atomic E-state index is 12.3. The standard InChI is InChI=1S/C22H31N3O3S2/c1-17-13-18(2)16-25(15-17)11-4-10-23-21(26)14-19-6-8-20(9-7-19)24-30(27,28)22-5-3-12-29-22/h3,5-9,12,17-18,24H,4,10-11,13-16H2,1-2H3,(H,23,26). The van der Waals surface area contributed by atoms with Crippen LogP contribution in [0.3, 0.4) is 0 Å². The fourth-order valence-electron chi connectivity index (χ4n) is 4.07. The number of carbonyl (C=O) groups excluding carboxylic acids is 1. The van der Waals surface area contributed by atoms with Gasteiger partial charge in [-0.1, -0.05) is 32.0 Å². The van der Waals surface area contributed by atoms with Crippen LogP contribution >= 0.6 is 11.3 Å². The fourth-order valence-corrected chi connectivity index (χ4v) is 6.12. The molecule has 0 spiro atoms. The van der Waals surface area contributed by atoms with E-state index in [2.05, 4.69) is 28.8 Å². The second-order valence-corrected chi connectivity index (χ2v) is 11.2. The normalized spacial score (nSPS) is 20.1. The van der Waals surface area contributed by atoms with E-state index < -0.39 is 10.0 Å². The first kappa shape index (κ1) is 22.8. The van der Waals surface area contributed by atoms with E-state index in [4.69, 9.17) is 0 Å². The molecule has 2 heterocycles. The van der Waals surface area contributed by atoms with Gasteiger partial charge in [0.2, 0.25) is 5.91 Å². The Bertz CT molecular complexity index is 902. The topological polar surface area (TPSA) is 78.5 Å². The van der Waals surface area contributed by atoms with Crippen molar-refractivity contribution in [3.05, 3.63) is 47.3 Å². The highest BCUT2D eigenvalue weighted by atomic mass is 32.2. The molecule has 1 saturated heterocycles. The van der Waals surface area contributed by atoms with E-state index in [1.807, 2.05) is 0 Å². The van der Waals surface area contributed by atoms with Crippen LogP contribution in [-0.4, -0.2) is 45.4 Å². The molecule has 0 radical (unpaired) electrons. The van der Waals surface area contributed by atoms with Crippen molar-refractivity contribution in [1.82, 2.24) is 10.2 Å². The Hall–Kier alpha value is -1.90. The van der Waals surface area contributed by atoms with Crippen molar-refractivity contribution >= 4 is 33.0 Å². The Morgan fingerprint density at radius 1 is 1.13 bits per heavy atom. The van der Waals surface area contributed by atoms with Crippen LogP contribution in [0.15, 0.2) is 46.0 Å². The van der Waals surface area contributed by atoms with Gasteiger partial charge in [-0.2, -0.15) is 0 Å². The molecule has 1 aromatic carbocycles. The molecule has 0 saturated carbocycles. The van der Waals surface area contributed by atoms with Gasteiger partial charge in [0.15, 0.2) is 0 Å². The molecule has 1 fully saturated rings. The fraction of sp³-hybridized carbons (Fsp3) is 0.500. The summed E-state index contributed by atoms with van der Waals surface area (Å²) in [4.78, 5) is 14.7. The first-order chi connectivity index (χ1) is 14.3. The number of thiophene rings is 1. The van der Waals surface area contributed by atoms with Crippen LogP contribution in [0, 0.1) is 11.8 Å². The zero-order valence-corrected chi connectivity index (χ0v) is 19.3. The van der Waals surface area contributed by atoms with E-state index in [-0.39, 0.29) is 16.5 Å². The number of benzene rings is 1. The lowest BCUT2D eigenvalue weighted by Crippen LogP contribution is -2.40. The largest absolute Gasteiger partial charge is 0.356 e. The average molecular weight is 450 g/mol. The minimum atomic E-state index is -3.55. The third-order valence-electron chi connectivity index (χ3n) is 5.25. The lowest BCUT2D eigenvalue weighted by Gasteiger charge is -2.34. The van der Waals surface area contributed by atoms with Gasteiger partial charge in [0.05, 0.1) is 6.42 Å². The first-order valence-electron chi connectivity index (χ1n) is 10.5. The second kappa shape index (κ2) is 10.4. The molecule has 3 rings (SSSR count). The van der Waals surface area contributed by atoms with E-state index in [0.717, 1.165) is 43.5 Å². The Kier molecular flexibility index (Phi) is 7.91. The van der Waals surface area contributed by atoms with Crippen LogP contribution in [0.2, 0.25) is 0 Å². The van der Waals surface area contributed by atoms with Gasteiger partial charge in [-0.15, -0.1) is 11.3 Å². The van der Waals surface area contributed by atoms with Gasteiger partial charge in [0.25, 0.3) is 10.0 Å². The number of amides is 1. The summed E-state index contributed by atoms with van der Waals surface area (Å²) in [6, 6.07) is 10.2. The van der Waals surface area contributed by atoms with E-state index in [0.29, 0.717) is 12.2 Å². The van der Waals surface area contributed by atoms with Crippen LogP contribution in [-0.2, 0) is 21.2 Å². The number of hydrogen-bond donors (Lipinski definition) is 2. The van der Waals surface area contributed by atoms with Gasteiger partial charge >= 0.3 is 0 Å². The predicted molar refractivity (Wildman–Crippen MR) is 122 cm³/mol. The molecule has 6 nitrogen and oxygen atoms in total. The Morgan fingerprint density at radius 2 is 1.83 bits per heavy atom. The summed E-state index contributed by atoms with van der Waals surface area (Å²) in [7, 11) is -3.55. The quantitative estimate of drug-likeness (QED) is 0.574. The molecule has 164 valence electrons. The highest BCUT2D eigenvalue weighted by Crippen LogP contribution is 2.21. The number of nitrogens with zero attached hydrogens (tertiary/aromatic N) is 1. The highest BCUT2D eigenvalue weighted by Gasteiger charge is 2.21. The zero-order valence-electron chi connectivity index (χ0n) is 17.6. The van der Waals surface area contributed by atoms with Crippen molar-refractivity contribution in [1.29, 1.82) is 0 Å². The van der Waals surface area contributed by atoms with Gasteiger partial charge in [0, 0.05) is 25.3 Å². The summed E-state index contributed by atoms with van der Waals surface area (Å²) in [6.07, 6.45) is 2.55. The van der Waals surface area contributed by atoms with Crippen molar-refractivity contribution in [2.45, 2.75) is 37.3 Å². The van der Waals surface area contributed by atoms with E-state index >= 15 is 0 Å². The molecular weight excluding hydrogens is 418 g/mol. The second-order valence-electron chi connectivity index (χ2n) is 8.32. The van der Waals surface area contributed by atoms with Crippen LogP contribution in [0.4, 0.5) is 5.69 Å². The minimum absolute atomic E-state index is 0.0118. The monoisotopic (exact) mass is 449 g/mol. The van der Waals surface area contributed by atoms with Crippen LogP contribution in [0.1, 0.15) is 32.3 Å². The highest BCUT2D eigenvalue weighted by molar-refractivity contribution is 7.94. The van der Waals surface area contributed by atoms with Crippen LogP contribution < -0.4 is 10.0 Å². The maximum absolute atomic E-state index is 12.3. The molecule has 2 aromatic rings. The lowest BCUT2D eigenvalue weighted by molar-refractivity contribution is -0.120. The number of carbonyl (C=O) groups is 1. The summed E-state index contributed by atoms with van der Waals surface area (Å²) in [5.41, 5.74) is 1.34. The first-order valence-corrected chi connectivity index (χ1v) is 12.8. The van der Waals surface area contributed by atoms with Crippen molar-refractivity contribution in [3.8, 4) is 0 Å². The number of rotatable bonds is 9. The van der Waals surface area contributed by atoms with Crippen LogP contribution in [0.5, 0.6) is 0 Å². The Balaban J connectivity index is 1.39. The van der Waals surface area contributed by atoms with Gasteiger partial charge in [-0.3, -0.25) is 9.52 Å². The molecule has 8 heteroatoms. The molecule has 0 bridgehead atoms. The molecule has 1 aliphatic heterocycles. The Morgan fingerprint density at radius 3 is 2.47 bits per heavy atom. The number of anilines is 1. The molecule has 1 aliphatic rings. The number of piperidine rings is 1. The van der Waals surface area contributed by atoms with Crippen molar-refractivity contribution < 1.29 is 13.2 Å². The van der Waals surface area contributed by atoms with Gasteiger partial charge in [-0.05, 0) is 60.4 Å². The number of nitrogens with one attached hydrogen (secondary N) is 2. The molecule has 2 atom stereocenters. The van der Waals surface area contributed by atoms with Crippen molar-refractivity contribution in [2.75, 3.05) is 30.9 Å². The molecule has 30 heavy (non-hydrogen) atoms.